The fraction of sp³-hybridized carbons (Fsp3) is 0.636. The molecular weight excluding hydrogens is 208 g/mol. The van der Waals surface area contributed by atoms with Gasteiger partial charge in [0.15, 0.2) is 0 Å². The maximum Gasteiger partial charge on any atom is 0.341 e. The number of nitrogens with one attached hydrogen (secondary N) is 1. The minimum Gasteiger partial charge on any atom is -0.462 e. The minimum absolute atomic E-state index is 0.0240. The highest BCUT2D eigenvalue weighted by Gasteiger charge is 2.18. The molecule has 0 saturated heterocycles. The van der Waals surface area contributed by atoms with Crippen molar-refractivity contribution in [3.8, 4) is 0 Å². The summed E-state index contributed by atoms with van der Waals surface area (Å²) in [4.78, 5) is 11.4. The normalized spacial score (nSPS) is 12.4. The predicted octanol–water partition coefficient (Wildman–Crippen LogP) is 1.23. The summed E-state index contributed by atoms with van der Waals surface area (Å²) in [5.74, 6) is -0.590. The zero-order valence-corrected chi connectivity index (χ0v) is 10.3. The molecule has 3 N–H and O–H groups in total. The van der Waals surface area contributed by atoms with Gasteiger partial charge < -0.3 is 20.6 Å². The topological polar surface area (TPSA) is 85.4 Å². The first-order valence-electron chi connectivity index (χ1n) is 5.12. The first-order chi connectivity index (χ1) is 7.31. The molecule has 0 aliphatic rings. The zero-order valence-electron chi connectivity index (χ0n) is 10.3. The number of hydrogen-bond acceptors (Lipinski definition) is 5. The quantitative estimate of drug-likeness (QED) is 0.421. The van der Waals surface area contributed by atoms with E-state index in [0.29, 0.717) is 0 Å². The Balaban J connectivity index is 4.40. The zero-order chi connectivity index (χ0) is 12.8. The third-order valence-electron chi connectivity index (χ3n) is 1.64. The number of rotatable bonds is 5. The van der Waals surface area contributed by atoms with Crippen LogP contribution in [0.4, 0.5) is 0 Å². The van der Waals surface area contributed by atoms with Crippen molar-refractivity contribution in [3.05, 3.63) is 11.8 Å². The molecule has 0 aromatic rings. The van der Waals surface area contributed by atoms with Crippen molar-refractivity contribution in [3.63, 3.8) is 0 Å². The van der Waals surface area contributed by atoms with Crippen LogP contribution in [0.15, 0.2) is 11.8 Å². The number of nitrogens with two attached hydrogens (primary N) is 1. The summed E-state index contributed by atoms with van der Waals surface area (Å²) in [6.45, 7) is 7.60. The smallest absolute Gasteiger partial charge is 0.341 e. The average Bonchev–Trinajstić information content (AvgIpc) is 2.15. The summed E-state index contributed by atoms with van der Waals surface area (Å²) >= 11 is 0. The Morgan fingerprint density at radius 2 is 2.00 bits per heavy atom. The highest BCUT2D eigenvalue weighted by molar-refractivity contribution is 6.18. The van der Waals surface area contributed by atoms with Gasteiger partial charge in [0, 0.05) is 6.20 Å². The Morgan fingerprint density at radius 1 is 1.44 bits per heavy atom. The highest BCUT2D eigenvalue weighted by atomic mass is 16.5. The summed E-state index contributed by atoms with van der Waals surface area (Å²) < 4.78 is 10.1. The van der Waals surface area contributed by atoms with E-state index in [1.54, 1.807) is 6.92 Å². The monoisotopic (exact) mass is 228 g/mol. The summed E-state index contributed by atoms with van der Waals surface area (Å²) in [6, 6.07) is 0. The second kappa shape index (κ2) is 6.27. The van der Waals surface area contributed by atoms with Gasteiger partial charge in [0.1, 0.15) is 0 Å². The van der Waals surface area contributed by atoms with Gasteiger partial charge in [0.05, 0.1) is 30.1 Å². The molecule has 0 aromatic heterocycles. The molecule has 0 aliphatic heterocycles. The molecule has 0 amide bonds. The van der Waals surface area contributed by atoms with Crippen LogP contribution in [-0.2, 0) is 14.3 Å². The lowest BCUT2D eigenvalue weighted by Crippen LogP contribution is -2.27. The van der Waals surface area contributed by atoms with Crippen molar-refractivity contribution in [2.24, 2.45) is 5.73 Å². The van der Waals surface area contributed by atoms with Crippen molar-refractivity contribution >= 4 is 11.7 Å². The highest BCUT2D eigenvalue weighted by Crippen LogP contribution is 2.08. The fourth-order valence-electron chi connectivity index (χ4n) is 0.867. The van der Waals surface area contributed by atoms with Crippen LogP contribution in [0.1, 0.15) is 27.7 Å². The molecule has 5 heteroatoms. The molecule has 0 fully saturated rings. The lowest BCUT2D eigenvalue weighted by atomic mass is 10.1. The summed E-state index contributed by atoms with van der Waals surface area (Å²) in [6.07, 6.45) is 1.08. The predicted molar refractivity (Wildman–Crippen MR) is 62.3 cm³/mol. The van der Waals surface area contributed by atoms with Crippen LogP contribution in [-0.4, -0.2) is 30.5 Å². The molecule has 0 radical (unpaired) electrons. The molecule has 0 unspecified atom stereocenters. The Hall–Kier alpha value is -1.36. The minimum atomic E-state index is -0.590. The molecule has 16 heavy (non-hydrogen) atoms. The lowest BCUT2D eigenvalue weighted by molar-refractivity contribution is -0.137. The average molecular weight is 228 g/mol. The van der Waals surface area contributed by atoms with Crippen LogP contribution in [0.3, 0.4) is 0 Å². The third kappa shape index (κ3) is 5.50. The van der Waals surface area contributed by atoms with Gasteiger partial charge >= 0.3 is 5.97 Å². The maximum atomic E-state index is 11.4. The van der Waals surface area contributed by atoms with Crippen LogP contribution < -0.4 is 5.73 Å². The van der Waals surface area contributed by atoms with Gasteiger partial charge in [-0.2, -0.15) is 0 Å². The van der Waals surface area contributed by atoms with Crippen molar-refractivity contribution in [2.45, 2.75) is 33.3 Å². The first-order valence-corrected chi connectivity index (χ1v) is 5.12. The molecule has 0 saturated carbocycles. The van der Waals surface area contributed by atoms with E-state index in [9.17, 15) is 4.79 Å². The number of carbonyl (C=O) groups excluding carboxylic acids is 1. The van der Waals surface area contributed by atoms with E-state index in [2.05, 4.69) is 0 Å². The largest absolute Gasteiger partial charge is 0.462 e. The molecule has 5 nitrogen and oxygen atoms in total. The molecule has 0 aliphatic carbocycles. The Kier molecular flexibility index (Phi) is 5.74. The summed E-state index contributed by atoms with van der Waals surface area (Å²) in [5, 5.41) is 7.66. The van der Waals surface area contributed by atoms with Crippen LogP contribution in [0.25, 0.3) is 0 Å². The van der Waals surface area contributed by atoms with Gasteiger partial charge in [-0.25, -0.2) is 4.79 Å². The first kappa shape index (κ1) is 14.6. The number of hydrogen-bond donors (Lipinski definition) is 2. The molecule has 0 spiro atoms. The standard InChI is InChI=1S/C11H20N2O3/c1-5-15-10(14)8(6-12)9(13)7-16-11(2,3)4/h6,13H,5,7,12H2,1-4H3/b8-6+,13-9?. The van der Waals surface area contributed by atoms with Crippen molar-refractivity contribution in [1.82, 2.24) is 0 Å². The van der Waals surface area contributed by atoms with Gasteiger partial charge in [0.2, 0.25) is 0 Å². The van der Waals surface area contributed by atoms with Crippen LogP contribution in [0, 0.1) is 5.41 Å². The van der Waals surface area contributed by atoms with E-state index >= 15 is 0 Å². The Labute approximate surface area is 96.1 Å². The number of ether oxygens (including phenoxy) is 2. The fourth-order valence-corrected chi connectivity index (χ4v) is 0.867. The third-order valence-corrected chi connectivity index (χ3v) is 1.64. The van der Waals surface area contributed by atoms with E-state index in [-0.39, 0.29) is 30.1 Å². The second-order valence-corrected chi connectivity index (χ2v) is 4.18. The molecular formula is C11H20N2O3. The van der Waals surface area contributed by atoms with Gasteiger partial charge in [-0.1, -0.05) is 0 Å². The molecule has 0 rings (SSSR count). The molecule has 0 atom stereocenters. The van der Waals surface area contributed by atoms with Crippen molar-refractivity contribution in [1.29, 1.82) is 5.41 Å². The van der Waals surface area contributed by atoms with E-state index in [1.807, 2.05) is 20.8 Å². The lowest BCUT2D eigenvalue weighted by Gasteiger charge is -2.20. The Bertz CT molecular complexity index is 290. The summed E-state index contributed by atoms with van der Waals surface area (Å²) in [5.41, 5.74) is 5.00. The van der Waals surface area contributed by atoms with Gasteiger partial charge in [-0.05, 0) is 27.7 Å². The van der Waals surface area contributed by atoms with E-state index < -0.39 is 5.97 Å². The van der Waals surface area contributed by atoms with Crippen molar-refractivity contribution < 1.29 is 14.3 Å². The van der Waals surface area contributed by atoms with Crippen LogP contribution in [0.2, 0.25) is 0 Å². The SMILES string of the molecule is CCOC(=O)/C(=C/N)C(=N)COC(C)(C)C. The van der Waals surface area contributed by atoms with Gasteiger partial charge in [-0.3, -0.25) is 0 Å². The molecule has 92 valence electrons. The number of carbonyl (C=O) groups is 1. The molecule has 0 heterocycles. The van der Waals surface area contributed by atoms with Crippen LogP contribution in [0.5, 0.6) is 0 Å². The summed E-state index contributed by atoms with van der Waals surface area (Å²) in [7, 11) is 0. The number of esters is 1. The van der Waals surface area contributed by atoms with Crippen LogP contribution >= 0.6 is 0 Å². The second-order valence-electron chi connectivity index (χ2n) is 4.18. The van der Waals surface area contributed by atoms with Gasteiger partial charge in [-0.15, -0.1) is 0 Å². The van der Waals surface area contributed by atoms with Crippen molar-refractivity contribution in [2.75, 3.05) is 13.2 Å². The van der Waals surface area contributed by atoms with E-state index in [1.165, 1.54) is 0 Å². The molecule has 0 aromatic carbocycles. The Morgan fingerprint density at radius 3 is 2.38 bits per heavy atom. The van der Waals surface area contributed by atoms with E-state index in [4.69, 9.17) is 20.6 Å². The van der Waals surface area contributed by atoms with E-state index in [0.717, 1.165) is 6.20 Å². The molecule has 0 bridgehead atoms. The maximum absolute atomic E-state index is 11.4. The van der Waals surface area contributed by atoms with Gasteiger partial charge in [0.25, 0.3) is 0 Å².